The molecule has 0 radical (unpaired) electrons. The minimum Gasteiger partial charge on any atom is -0.507 e. The molecule has 0 unspecified atom stereocenters. The van der Waals surface area contributed by atoms with Crippen molar-refractivity contribution in [3.8, 4) is 5.75 Å². The molecule has 1 aromatic carbocycles. The van der Waals surface area contributed by atoms with E-state index in [4.69, 9.17) is 4.74 Å². The Morgan fingerprint density at radius 3 is 2.87 bits per heavy atom. The normalized spacial score (nSPS) is 15.4. The van der Waals surface area contributed by atoms with Gasteiger partial charge in [-0.1, -0.05) is 22.9 Å². The van der Waals surface area contributed by atoms with Gasteiger partial charge in [0.25, 0.3) is 0 Å². The van der Waals surface area contributed by atoms with Gasteiger partial charge in [0, 0.05) is 14.9 Å². The van der Waals surface area contributed by atoms with Crippen molar-refractivity contribution in [1.29, 1.82) is 0 Å². The maximum absolute atomic E-state index is 12.5. The molecule has 3 rings (SSSR count). The molecular formula is C21H22BrN3O5S. The third kappa shape index (κ3) is 5.50. The Bertz CT molecular complexity index is 1050. The number of benzene rings is 1. The van der Waals surface area contributed by atoms with Crippen LogP contribution in [0.15, 0.2) is 27.8 Å². The first-order valence-electron chi connectivity index (χ1n) is 9.74. The summed E-state index contributed by atoms with van der Waals surface area (Å²) in [4.78, 5) is 38.1. The number of ether oxygens (including phenoxy) is 1. The molecule has 10 heteroatoms. The summed E-state index contributed by atoms with van der Waals surface area (Å²) in [5, 5.41) is 16.3. The Labute approximate surface area is 191 Å². The zero-order valence-corrected chi connectivity index (χ0v) is 19.4. The van der Waals surface area contributed by atoms with Crippen molar-refractivity contribution in [1.82, 2.24) is 5.43 Å². The largest absolute Gasteiger partial charge is 0.507 e. The molecule has 0 aliphatic heterocycles. The minimum absolute atomic E-state index is 0.0249. The number of hydrogen-bond acceptors (Lipinski definition) is 7. The molecule has 0 fully saturated rings. The minimum atomic E-state index is -1.000. The first-order chi connectivity index (χ1) is 14.8. The van der Waals surface area contributed by atoms with Crippen LogP contribution in [0.25, 0.3) is 0 Å². The van der Waals surface area contributed by atoms with Crippen LogP contribution in [0.2, 0.25) is 0 Å². The van der Waals surface area contributed by atoms with E-state index in [9.17, 15) is 19.5 Å². The van der Waals surface area contributed by atoms with E-state index < -0.39 is 17.8 Å². The van der Waals surface area contributed by atoms with Gasteiger partial charge in [-0.25, -0.2) is 10.2 Å². The Hall–Kier alpha value is -2.72. The smallest absolute Gasteiger partial charge is 0.341 e. The van der Waals surface area contributed by atoms with Gasteiger partial charge in [0.15, 0.2) is 0 Å². The zero-order valence-electron chi connectivity index (χ0n) is 17.0. The van der Waals surface area contributed by atoms with Gasteiger partial charge in [0.1, 0.15) is 10.8 Å². The summed E-state index contributed by atoms with van der Waals surface area (Å²) in [6.45, 7) is 4.07. The lowest BCUT2D eigenvalue weighted by atomic mass is 9.88. The van der Waals surface area contributed by atoms with E-state index in [1.54, 1.807) is 19.1 Å². The highest BCUT2D eigenvalue weighted by atomic mass is 79.9. The fourth-order valence-electron chi connectivity index (χ4n) is 3.26. The number of hydrazone groups is 1. The van der Waals surface area contributed by atoms with E-state index in [1.807, 2.05) is 0 Å². The molecule has 1 atom stereocenters. The second kappa shape index (κ2) is 10.1. The van der Waals surface area contributed by atoms with Crippen LogP contribution < -0.4 is 10.7 Å². The summed E-state index contributed by atoms with van der Waals surface area (Å²) in [6.07, 6.45) is 3.71. The molecular weight excluding hydrogens is 486 g/mol. The molecule has 1 heterocycles. The van der Waals surface area contributed by atoms with Crippen molar-refractivity contribution in [2.45, 2.75) is 33.1 Å². The van der Waals surface area contributed by atoms with Gasteiger partial charge in [-0.15, -0.1) is 11.3 Å². The molecule has 31 heavy (non-hydrogen) atoms. The molecule has 1 aromatic heterocycles. The van der Waals surface area contributed by atoms with E-state index in [0.29, 0.717) is 22.0 Å². The third-order valence-corrected chi connectivity index (χ3v) is 6.45. The molecule has 2 aromatic rings. The Kier molecular flexibility index (Phi) is 7.45. The van der Waals surface area contributed by atoms with Gasteiger partial charge in [-0.3, -0.25) is 9.59 Å². The molecule has 2 amide bonds. The highest BCUT2D eigenvalue weighted by molar-refractivity contribution is 9.10. The summed E-state index contributed by atoms with van der Waals surface area (Å²) in [5.41, 5.74) is 3.70. The molecule has 0 spiro atoms. The molecule has 3 N–H and O–H groups in total. The van der Waals surface area contributed by atoms with E-state index >= 15 is 0 Å². The van der Waals surface area contributed by atoms with E-state index in [0.717, 1.165) is 34.2 Å². The van der Waals surface area contributed by atoms with Gasteiger partial charge in [0.2, 0.25) is 0 Å². The number of carbonyl (C=O) groups excluding carboxylic acids is 3. The first-order valence-corrected chi connectivity index (χ1v) is 11.4. The predicted molar refractivity (Wildman–Crippen MR) is 122 cm³/mol. The zero-order chi connectivity index (χ0) is 22.5. The predicted octanol–water partition coefficient (Wildman–Crippen LogP) is 3.61. The number of rotatable bonds is 5. The lowest BCUT2D eigenvalue weighted by molar-refractivity contribution is -0.136. The molecule has 0 saturated carbocycles. The number of carbonyl (C=O) groups is 3. The SMILES string of the molecule is CCOC(=O)c1c(NC(=O)C(=O)N/N=C\c2cc(Br)ccc2O)sc2c1CC[C@@H](C)C2. The van der Waals surface area contributed by atoms with Crippen molar-refractivity contribution < 1.29 is 24.2 Å². The number of halogens is 1. The van der Waals surface area contributed by atoms with Crippen LogP contribution in [-0.2, 0) is 27.2 Å². The van der Waals surface area contributed by atoms with Crippen LogP contribution in [0, 0.1) is 5.92 Å². The number of nitrogens with zero attached hydrogens (tertiary/aromatic N) is 1. The highest BCUT2D eigenvalue weighted by Gasteiger charge is 2.30. The molecule has 8 nitrogen and oxygen atoms in total. The lowest BCUT2D eigenvalue weighted by Crippen LogP contribution is -2.32. The second-order valence-corrected chi connectivity index (χ2v) is 9.15. The van der Waals surface area contributed by atoms with E-state index in [-0.39, 0.29) is 12.4 Å². The van der Waals surface area contributed by atoms with Crippen LogP contribution in [0.5, 0.6) is 5.75 Å². The number of phenolic OH excluding ortho intramolecular Hbond substituents is 1. The molecule has 1 aliphatic rings. The Morgan fingerprint density at radius 1 is 1.35 bits per heavy atom. The number of aromatic hydroxyl groups is 1. The van der Waals surface area contributed by atoms with Crippen LogP contribution in [0.1, 0.15) is 46.6 Å². The lowest BCUT2D eigenvalue weighted by Gasteiger charge is -2.18. The Balaban J connectivity index is 1.73. The van der Waals surface area contributed by atoms with Crippen molar-refractivity contribution in [3.63, 3.8) is 0 Å². The second-order valence-electron chi connectivity index (χ2n) is 7.13. The van der Waals surface area contributed by atoms with E-state index in [2.05, 4.69) is 38.7 Å². The summed E-state index contributed by atoms with van der Waals surface area (Å²) in [5.74, 6) is -2.00. The summed E-state index contributed by atoms with van der Waals surface area (Å²) < 4.78 is 5.88. The maximum atomic E-state index is 12.5. The monoisotopic (exact) mass is 507 g/mol. The average Bonchev–Trinajstić information content (AvgIpc) is 3.07. The van der Waals surface area contributed by atoms with Crippen molar-refractivity contribution >= 4 is 56.3 Å². The van der Waals surface area contributed by atoms with Gasteiger partial charge in [-0.05, 0) is 55.9 Å². The van der Waals surface area contributed by atoms with Crippen molar-refractivity contribution in [3.05, 3.63) is 44.2 Å². The first kappa shape index (κ1) is 23.0. The Morgan fingerprint density at radius 2 is 2.13 bits per heavy atom. The van der Waals surface area contributed by atoms with Gasteiger partial charge in [-0.2, -0.15) is 5.10 Å². The number of phenols is 1. The van der Waals surface area contributed by atoms with Gasteiger partial charge >= 0.3 is 17.8 Å². The number of anilines is 1. The van der Waals surface area contributed by atoms with Gasteiger partial charge < -0.3 is 15.2 Å². The standard InChI is InChI=1S/C21H22BrN3O5S/c1-3-30-21(29)17-14-6-4-11(2)8-16(14)31-20(17)24-18(27)19(28)25-23-10-12-9-13(22)5-7-15(12)26/h5,7,9-11,26H,3-4,6,8H2,1-2H3,(H,24,27)(H,25,28)/b23-10-/t11-/m1/s1. The quantitative estimate of drug-likeness (QED) is 0.247. The van der Waals surface area contributed by atoms with Crippen molar-refractivity contribution in [2.75, 3.05) is 11.9 Å². The molecule has 1 aliphatic carbocycles. The number of amides is 2. The number of fused-ring (bicyclic) bond motifs is 1. The van der Waals surface area contributed by atoms with Crippen LogP contribution in [0.4, 0.5) is 5.00 Å². The van der Waals surface area contributed by atoms with Gasteiger partial charge in [0.05, 0.1) is 18.4 Å². The number of thiophene rings is 1. The van der Waals surface area contributed by atoms with Crippen LogP contribution in [-0.4, -0.2) is 35.7 Å². The number of esters is 1. The van der Waals surface area contributed by atoms with Crippen molar-refractivity contribution in [2.24, 2.45) is 11.0 Å². The maximum Gasteiger partial charge on any atom is 0.341 e. The van der Waals surface area contributed by atoms with Crippen LogP contribution >= 0.6 is 27.3 Å². The summed E-state index contributed by atoms with van der Waals surface area (Å²) >= 11 is 4.57. The van der Waals surface area contributed by atoms with E-state index in [1.165, 1.54) is 23.6 Å². The van der Waals surface area contributed by atoms with Crippen LogP contribution in [0.3, 0.4) is 0 Å². The fourth-order valence-corrected chi connectivity index (χ4v) is 5.03. The topological polar surface area (TPSA) is 117 Å². The number of nitrogens with one attached hydrogen (secondary N) is 2. The number of hydrogen-bond donors (Lipinski definition) is 3. The fraction of sp³-hybridized carbons (Fsp3) is 0.333. The molecule has 164 valence electrons. The highest BCUT2D eigenvalue weighted by Crippen LogP contribution is 2.40. The molecule has 0 bridgehead atoms. The third-order valence-electron chi connectivity index (χ3n) is 4.78. The molecule has 0 saturated heterocycles. The summed E-state index contributed by atoms with van der Waals surface area (Å²) in [7, 11) is 0. The summed E-state index contributed by atoms with van der Waals surface area (Å²) in [6, 6.07) is 4.73. The average molecular weight is 508 g/mol.